The molecular weight excluding hydrogens is 270 g/mol. The van der Waals surface area contributed by atoms with Gasteiger partial charge in [0.1, 0.15) is 0 Å². The molecule has 5 nitrogen and oxygen atoms in total. The van der Waals surface area contributed by atoms with Crippen LogP contribution in [0.1, 0.15) is 43.0 Å². The molecule has 1 amide bonds. The Balaban J connectivity index is 2.77. The summed E-state index contributed by atoms with van der Waals surface area (Å²) < 4.78 is 5.29. The van der Waals surface area contributed by atoms with Gasteiger partial charge in [-0.05, 0) is 44.4 Å². The molecule has 1 atom stereocenters. The fourth-order valence-electron chi connectivity index (χ4n) is 1.98. The number of carbonyl (C=O) groups excluding carboxylic acids is 1. The minimum Gasteiger partial charge on any atom is -0.479 e. The normalized spacial score (nSPS) is 12.2. The largest absolute Gasteiger partial charge is 0.479 e. The van der Waals surface area contributed by atoms with Crippen LogP contribution in [0.2, 0.25) is 0 Å². The Morgan fingerprint density at radius 1 is 1.29 bits per heavy atom. The fourth-order valence-corrected chi connectivity index (χ4v) is 1.98. The molecule has 0 aromatic heterocycles. The van der Waals surface area contributed by atoms with Crippen molar-refractivity contribution in [2.45, 2.75) is 46.3 Å². The van der Waals surface area contributed by atoms with Gasteiger partial charge in [-0.3, -0.25) is 4.79 Å². The van der Waals surface area contributed by atoms with Crippen molar-refractivity contribution < 1.29 is 19.4 Å². The Bertz CT molecular complexity index is 511. The summed E-state index contributed by atoms with van der Waals surface area (Å²) in [7, 11) is 0. The van der Waals surface area contributed by atoms with Crippen molar-refractivity contribution in [3.63, 3.8) is 0 Å². The standard InChI is InChI=1S/C16H23NO4/c1-10(2)21-9-8-14(18)17-15(16(19)20)13-7-5-6-11(3)12(13)4/h5-7,10,15H,8-9H2,1-4H3,(H,17,18)(H,19,20). The number of ether oxygens (including phenoxy) is 1. The van der Waals surface area contributed by atoms with Crippen LogP contribution >= 0.6 is 0 Å². The SMILES string of the molecule is Cc1cccc(C(NC(=O)CCOC(C)C)C(=O)O)c1C. The Labute approximate surface area is 125 Å². The van der Waals surface area contributed by atoms with E-state index in [4.69, 9.17) is 4.74 Å². The summed E-state index contributed by atoms with van der Waals surface area (Å²) in [6.45, 7) is 7.81. The maximum atomic E-state index is 11.9. The summed E-state index contributed by atoms with van der Waals surface area (Å²) in [5.41, 5.74) is 2.49. The van der Waals surface area contributed by atoms with Crippen LogP contribution in [-0.4, -0.2) is 29.7 Å². The van der Waals surface area contributed by atoms with Crippen LogP contribution in [-0.2, 0) is 14.3 Å². The molecule has 0 aliphatic rings. The second kappa shape index (κ2) is 7.78. The molecule has 0 saturated heterocycles. The summed E-state index contributed by atoms with van der Waals surface area (Å²) in [4.78, 5) is 23.3. The van der Waals surface area contributed by atoms with Crippen molar-refractivity contribution >= 4 is 11.9 Å². The molecule has 1 rings (SSSR count). The molecule has 0 bridgehead atoms. The smallest absolute Gasteiger partial charge is 0.330 e. The Morgan fingerprint density at radius 2 is 1.95 bits per heavy atom. The van der Waals surface area contributed by atoms with Gasteiger partial charge >= 0.3 is 5.97 Å². The van der Waals surface area contributed by atoms with Crippen molar-refractivity contribution in [2.24, 2.45) is 0 Å². The van der Waals surface area contributed by atoms with E-state index in [0.717, 1.165) is 11.1 Å². The Kier molecular flexibility index (Phi) is 6.37. The number of hydrogen-bond acceptors (Lipinski definition) is 3. The summed E-state index contributed by atoms with van der Waals surface area (Å²) in [6.07, 6.45) is 0.194. The quantitative estimate of drug-likeness (QED) is 0.809. The average Bonchev–Trinajstić information content (AvgIpc) is 2.39. The molecule has 1 aromatic carbocycles. The third-order valence-electron chi connectivity index (χ3n) is 3.29. The number of carbonyl (C=O) groups is 2. The Hall–Kier alpha value is -1.88. The van der Waals surface area contributed by atoms with Crippen LogP contribution in [0.3, 0.4) is 0 Å². The van der Waals surface area contributed by atoms with Crippen molar-refractivity contribution in [2.75, 3.05) is 6.61 Å². The Morgan fingerprint density at radius 3 is 2.52 bits per heavy atom. The van der Waals surface area contributed by atoms with E-state index in [1.165, 1.54) is 0 Å². The zero-order valence-electron chi connectivity index (χ0n) is 13.0. The lowest BCUT2D eigenvalue weighted by Gasteiger charge is -2.18. The highest BCUT2D eigenvalue weighted by Crippen LogP contribution is 2.21. The molecule has 0 saturated carbocycles. The number of amides is 1. The third-order valence-corrected chi connectivity index (χ3v) is 3.29. The van der Waals surface area contributed by atoms with Crippen LogP contribution in [0.25, 0.3) is 0 Å². The second-order valence-corrected chi connectivity index (χ2v) is 5.30. The zero-order valence-corrected chi connectivity index (χ0v) is 13.0. The van der Waals surface area contributed by atoms with E-state index in [1.807, 2.05) is 33.8 Å². The number of rotatable bonds is 7. The monoisotopic (exact) mass is 293 g/mol. The van der Waals surface area contributed by atoms with Crippen molar-refractivity contribution in [1.82, 2.24) is 5.32 Å². The third kappa shape index (κ3) is 5.19. The predicted molar refractivity (Wildman–Crippen MR) is 80.1 cm³/mol. The van der Waals surface area contributed by atoms with Gasteiger partial charge in [-0.1, -0.05) is 18.2 Å². The first kappa shape index (κ1) is 17.2. The predicted octanol–water partition coefficient (Wildman–Crippen LogP) is 2.36. The minimum absolute atomic E-state index is 0.0482. The number of hydrogen-bond donors (Lipinski definition) is 2. The van der Waals surface area contributed by atoms with E-state index < -0.39 is 12.0 Å². The van der Waals surface area contributed by atoms with Gasteiger partial charge in [-0.2, -0.15) is 0 Å². The first-order chi connectivity index (χ1) is 9.82. The van der Waals surface area contributed by atoms with Gasteiger partial charge in [0.15, 0.2) is 6.04 Å². The maximum Gasteiger partial charge on any atom is 0.330 e. The molecule has 0 radical (unpaired) electrons. The molecule has 1 aromatic rings. The van der Waals surface area contributed by atoms with E-state index >= 15 is 0 Å². The van der Waals surface area contributed by atoms with Crippen molar-refractivity contribution in [1.29, 1.82) is 0 Å². The summed E-state index contributed by atoms with van der Waals surface area (Å²) in [5.74, 6) is -1.40. The lowest BCUT2D eigenvalue weighted by Crippen LogP contribution is -2.34. The van der Waals surface area contributed by atoms with Gasteiger partial charge in [-0.15, -0.1) is 0 Å². The van der Waals surface area contributed by atoms with E-state index in [1.54, 1.807) is 12.1 Å². The van der Waals surface area contributed by atoms with Crippen molar-refractivity contribution in [3.05, 3.63) is 34.9 Å². The number of benzene rings is 1. The molecule has 0 heterocycles. The second-order valence-electron chi connectivity index (χ2n) is 5.30. The van der Waals surface area contributed by atoms with Crippen LogP contribution in [0, 0.1) is 13.8 Å². The number of carboxylic acids is 1. The van der Waals surface area contributed by atoms with E-state index in [-0.39, 0.29) is 25.0 Å². The van der Waals surface area contributed by atoms with Crippen LogP contribution in [0.5, 0.6) is 0 Å². The molecule has 2 N–H and O–H groups in total. The van der Waals surface area contributed by atoms with Gasteiger partial charge < -0.3 is 15.2 Å². The highest BCUT2D eigenvalue weighted by molar-refractivity contribution is 5.84. The fraction of sp³-hybridized carbons (Fsp3) is 0.500. The van der Waals surface area contributed by atoms with E-state index in [9.17, 15) is 14.7 Å². The molecule has 0 aliphatic carbocycles. The topological polar surface area (TPSA) is 75.6 Å². The van der Waals surface area contributed by atoms with Crippen LogP contribution in [0.4, 0.5) is 0 Å². The van der Waals surface area contributed by atoms with Crippen molar-refractivity contribution in [3.8, 4) is 0 Å². The molecule has 21 heavy (non-hydrogen) atoms. The minimum atomic E-state index is -1.07. The van der Waals surface area contributed by atoms with Crippen LogP contribution < -0.4 is 5.32 Å². The highest BCUT2D eigenvalue weighted by atomic mass is 16.5. The summed E-state index contributed by atoms with van der Waals surface area (Å²) >= 11 is 0. The molecule has 116 valence electrons. The van der Waals surface area contributed by atoms with Crippen LogP contribution in [0.15, 0.2) is 18.2 Å². The number of nitrogens with one attached hydrogen (secondary N) is 1. The maximum absolute atomic E-state index is 11.9. The number of aryl methyl sites for hydroxylation is 1. The summed E-state index contributed by atoms with van der Waals surface area (Å²) in [6, 6.07) is 4.40. The molecular formula is C16H23NO4. The molecule has 0 spiro atoms. The zero-order chi connectivity index (χ0) is 16.0. The lowest BCUT2D eigenvalue weighted by molar-refractivity contribution is -0.142. The molecule has 0 fully saturated rings. The number of aliphatic carboxylic acids is 1. The van der Waals surface area contributed by atoms with E-state index in [2.05, 4.69) is 5.32 Å². The average molecular weight is 293 g/mol. The number of carboxylic acid groups (broad SMARTS) is 1. The van der Waals surface area contributed by atoms with Gasteiger partial charge in [0.2, 0.25) is 5.91 Å². The molecule has 0 aliphatic heterocycles. The first-order valence-electron chi connectivity index (χ1n) is 7.02. The van der Waals surface area contributed by atoms with Gasteiger partial charge in [0.25, 0.3) is 0 Å². The summed E-state index contributed by atoms with van der Waals surface area (Å²) in [5, 5.41) is 11.9. The van der Waals surface area contributed by atoms with Gasteiger partial charge in [0, 0.05) is 0 Å². The molecule has 5 heteroatoms. The van der Waals surface area contributed by atoms with Gasteiger partial charge in [0.05, 0.1) is 19.1 Å². The molecule has 1 unspecified atom stereocenters. The lowest BCUT2D eigenvalue weighted by atomic mass is 9.97. The first-order valence-corrected chi connectivity index (χ1v) is 7.02. The van der Waals surface area contributed by atoms with Gasteiger partial charge in [-0.25, -0.2) is 4.79 Å². The van der Waals surface area contributed by atoms with E-state index in [0.29, 0.717) is 5.56 Å². The highest BCUT2D eigenvalue weighted by Gasteiger charge is 2.23.